The van der Waals surface area contributed by atoms with Crippen molar-refractivity contribution in [2.75, 3.05) is 0 Å². The first-order chi connectivity index (χ1) is 5.29. The first-order valence-corrected chi connectivity index (χ1v) is 3.06. The Hall–Kier alpha value is -1.06. The zero-order valence-electron chi connectivity index (χ0n) is 7.48. The Bertz CT molecular complexity index is 172. The summed E-state index contributed by atoms with van der Waals surface area (Å²) in [6.45, 7) is 9.20. The summed E-state index contributed by atoms with van der Waals surface area (Å²) in [5.41, 5.74) is 0.352. The van der Waals surface area contributed by atoms with Gasteiger partial charge >= 0.3 is 11.9 Å². The second kappa shape index (κ2) is 9.03. The molecule has 0 bridgehead atoms. The van der Waals surface area contributed by atoms with Crippen molar-refractivity contribution in [3.05, 3.63) is 24.3 Å². The summed E-state index contributed by atoms with van der Waals surface area (Å²) < 4.78 is 0. The van der Waals surface area contributed by atoms with Crippen molar-refractivity contribution in [2.45, 2.75) is 13.8 Å². The summed E-state index contributed by atoms with van der Waals surface area (Å²) in [4.78, 5) is 19.2. The number of carbonyl (C=O) groups is 2. The minimum absolute atomic E-state index is 0. The van der Waals surface area contributed by atoms with Gasteiger partial charge in [-0.2, -0.15) is 0 Å². The van der Waals surface area contributed by atoms with Crippen LogP contribution < -0.4 is 0 Å². The number of hydrogen-bond acceptors (Lipinski definition) is 2. The van der Waals surface area contributed by atoms with Gasteiger partial charge < -0.3 is 10.2 Å². The average Bonchev–Trinajstić information content (AvgIpc) is 1.88. The minimum Gasteiger partial charge on any atom is -0.478 e. The maximum absolute atomic E-state index is 9.60. The molecule has 0 aromatic rings. The Morgan fingerprint density at radius 2 is 1.00 bits per heavy atom. The molecule has 2 N–H and O–H groups in total. The Labute approximate surface area is 87.4 Å². The molecule has 0 aliphatic heterocycles. The fourth-order valence-electron chi connectivity index (χ4n) is 0. The van der Waals surface area contributed by atoms with Gasteiger partial charge in [0, 0.05) is 28.2 Å². The fraction of sp³-hybridized carbons (Fsp3) is 0.250. The van der Waals surface area contributed by atoms with E-state index in [2.05, 4.69) is 13.2 Å². The molecule has 0 amide bonds. The standard InChI is InChI=1S/2C4H6O2.Fe/c2*1-3(2)4(5)6;/h2*1H2,2H3,(H,5,6);. The van der Waals surface area contributed by atoms with Crippen molar-refractivity contribution >= 4 is 11.9 Å². The molecule has 0 aliphatic carbocycles. The van der Waals surface area contributed by atoms with Crippen LogP contribution in [0.4, 0.5) is 0 Å². The number of rotatable bonds is 2. The van der Waals surface area contributed by atoms with E-state index < -0.39 is 11.9 Å². The van der Waals surface area contributed by atoms with Crippen molar-refractivity contribution in [1.82, 2.24) is 0 Å². The molecule has 0 fully saturated rings. The number of carboxylic acid groups (broad SMARTS) is 2. The Morgan fingerprint density at radius 3 is 1.00 bits per heavy atom. The van der Waals surface area contributed by atoms with Crippen molar-refractivity contribution in [3.63, 3.8) is 0 Å². The maximum atomic E-state index is 9.60. The van der Waals surface area contributed by atoms with Gasteiger partial charge in [0.25, 0.3) is 0 Å². The molecule has 0 radical (unpaired) electrons. The third-order valence-electron chi connectivity index (χ3n) is 0.730. The van der Waals surface area contributed by atoms with E-state index in [4.69, 9.17) is 10.2 Å². The summed E-state index contributed by atoms with van der Waals surface area (Å²) in [5, 5.41) is 15.8. The quantitative estimate of drug-likeness (QED) is 0.551. The first-order valence-electron chi connectivity index (χ1n) is 3.06. The van der Waals surface area contributed by atoms with E-state index in [-0.39, 0.29) is 28.2 Å². The number of aliphatic carboxylic acids is 2. The number of carboxylic acids is 2. The maximum Gasteiger partial charge on any atom is 0.330 e. The van der Waals surface area contributed by atoms with Gasteiger partial charge in [-0.1, -0.05) is 13.2 Å². The molecule has 5 heteroatoms. The SMILES string of the molecule is C=C(C)C(=O)O.C=C(C)C(=O)O.[Fe]. The van der Waals surface area contributed by atoms with Gasteiger partial charge in [-0.3, -0.25) is 0 Å². The van der Waals surface area contributed by atoms with Gasteiger partial charge in [-0.05, 0) is 13.8 Å². The van der Waals surface area contributed by atoms with Crippen LogP contribution in [0.25, 0.3) is 0 Å². The van der Waals surface area contributed by atoms with Crippen LogP contribution in [0.1, 0.15) is 13.8 Å². The van der Waals surface area contributed by atoms with Gasteiger partial charge in [-0.25, -0.2) is 9.59 Å². The second-order valence-electron chi connectivity index (χ2n) is 2.17. The van der Waals surface area contributed by atoms with E-state index in [1.165, 1.54) is 13.8 Å². The molecular weight excluding hydrogens is 216 g/mol. The smallest absolute Gasteiger partial charge is 0.330 e. The summed E-state index contributed by atoms with van der Waals surface area (Å²) in [7, 11) is 0. The first kappa shape index (κ1) is 17.9. The van der Waals surface area contributed by atoms with Crippen molar-refractivity contribution in [1.29, 1.82) is 0 Å². The molecule has 0 saturated carbocycles. The van der Waals surface area contributed by atoms with Gasteiger partial charge in [0.05, 0.1) is 0 Å². The molecule has 76 valence electrons. The van der Waals surface area contributed by atoms with Gasteiger partial charge in [0.2, 0.25) is 0 Å². The minimum atomic E-state index is -0.935. The van der Waals surface area contributed by atoms with Gasteiger partial charge in [0.1, 0.15) is 0 Å². The zero-order chi connectivity index (χ0) is 10.3. The molecule has 0 aromatic heterocycles. The molecule has 0 heterocycles. The van der Waals surface area contributed by atoms with Crippen LogP contribution in [-0.4, -0.2) is 22.2 Å². The monoisotopic (exact) mass is 228 g/mol. The normalized spacial score (nSPS) is 6.92. The molecule has 0 unspecified atom stereocenters. The van der Waals surface area contributed by atoms with E-state index >= 15 is 0 Å². The predicted octanol–water partition coefficient (Wildman–Crippen LogP) is 1.29. The van der Waals surface area contributed by atoms with Crippen LogP contribution in [0.15, 0.2) is 24.3 Å². The largest absolute Gasteiger partial charge is 0.478 e. The summed E-state index contributed by atoms with van der Waals surface area (Å²) in [5.74, 6) is -1.87. The van der Waals surface area contributed by atoms with Gasteiger partial charge in [-0.15, -0.1) is 0 Å². The molecular formula is C8H12FeO4. The van der Waals surface area contributed by atoms with Crippen LogP contribution in [0, 0.1) is 0 Å². The molecule has 0 atom stereocenters. The third-order valence-corrected chi connectivity index (χ3v) is 0.730. The topological polar surface area (TPSA) is 74.6 Å². The average molecular weight is 228 g/mol. The van der Waals surface area contributed by atoms with E-state index in [9.17, 15) is 9.59 Å². The van der Waals surface area contributed by atoms with E-state index in [1.807, 2.05) is 0 Å². The summed E-state index contributed by atoms with van der Waals surface area (Å²) >= 11 is 0. The molecule has 0 spiro atoms. The molecule has 13 heavy (non-hydrogen) atoms. The predicted molar refractivity (Wildman–Crippen MR) is 44.9 cm³/mol. The second-order valence-corrected chi connectivity index (χ2v) is 2.17. The molecule has 0 saturated heterocycles. The summed E-state index contributed by atoms with van der Waals surface area (Å²) in [6.07, 6.45) is 0. The van der Waals surface area contributed by atoms with Gasteiger partial charge in [0.15, 0.2) is 0 Å². The van der Waals surface area contributed by atoms with Crippen molar-refractivity contribution in [3.8, 4) is 0 Å². The molecule has 0 aliphatic rings. The summed E-state index contributed by atoms with van der Waals surface area (Å²) in [6, 6.07) is 0. The van der Waals surface area contributed by atoms with Crippen LogP contribution in [0.3, 0.4) is 0 Å². The van der Waals surface area contributed by atoms with Crippen LogP contribution in [-0.2, 0) is 26.7 Å². The van der Waals surface area contributed by atoms with Crippen molar-refractivity contribution < 1.29 is 36.9 Å². The van der Waals surface area contributed by atoms with E-state index in [1.54, 1.807) is 0 Å². The fourth-order valence-corrected chi connectivity index (χ4v) is 0. The third kappa shape index (κ3) is 18.2. The van der Waals surface area contributed by atoms with Crippen LogP contribution in [0.5, 0.6) is 0 Å². The van der Waals surface area contributed by atoms with Crippen molar-refractivity contribution in [2.24, 2.45) is 0 Å². The van der Waals surface area contributed by atoms with E-state index in [0.717, 1.165) is 0 Å². The Kier molecular flexibility index (Phi) is 12.4. The zero-order valence-corrected chi connectivity index (χ0v) is 8.58. The molecule has 4 nitrogen and oxygen atoms in total. The Balaban J connectivity index is -0.000000143. The Morgan fingerprint density at radius 1 is 0.923 bits per heavy atom. The van der Waals surface area contributed by atoms with E-state index in [0.29, 0.717) is 0 Å². The molecule has 0 rings (SSSR count). The molecule has 0 aromatic carbocycles. The van der Waals surface area contributed by atoms with Crippen LogP contribution >= 0.6 is 0 Å². The van der Waals surface area contributed by atoms with Crippen LogP contribution in [0.2, 0.25) is 0 Å². The number of hydrogen-bond donors (Lipinski definition) is 2.